The van der Waals surface area contributed by atoms with Crippen molar-refractivity contribution in [1.82, 2.24) is 25.4 Å². The van der Waals surface area contributed by atoms with Crippen LogP contribution in [0.1, 0.15) is 25.1 Å². The van der Waals surface area contributed by atoms with Gasteiger partial charge in [0, 0.05) is 30.8 Å². The molecule has 0 saturated carbocycles. The van der Waals surface area contributed by atoms with Gasteiger partial charge >= 0.3 is 12.4 Å². The lowest BCUT2D eigenvalue weighted by Crippen LogP contribution is -2.37. The molecule has 1 atom stereocenters. The first-order valence-corrected chi connectivity index (χ1v) is 9.45. The van der Waals surface area contributed by atoms with Crippen molar-refractivity contribution in [2.75, 3.05) is 19.6 Å². The van der Waals surface area contributed by atoms with Crippen LogP contribution in [0.3, 0.4) is 0 Å². The lowest BCUT2D eigenvalue weighted by molar-refractivity contribution is -0.116. The van der Waals surface area contributed by atoms with E-state index in [0.717, 1.165) is 43.0 Å². The Bertz CT molecular complexity index is 944. The van der Waals surface area contributed by atoms with Gasteiger partial charge in [0.05, 0.1) is 11.1 Å². The first-order valence-electron chi connectivity index (χ1n) is 9.45. The zero-order chi connectivity index (χ0) is 22.6. The van der Waals surface area contributed by atoms with Gasteiger partial charge in [0.1, 0.15) is 6.33 Å². The standard InChI is InChI=1S/C19H19F6N5O/c20-18(21,22)14-6-13(7-15(8-14)19(23,24)25)17-28-11-30(29-17)5-3-16(31)27-10-12-2-1-4-26-9-12/h3,5-6,11-12,26H,1-2,4,7,9-10H2,(H,27,31)/b5-3-. The summed E-state index contributed by atoms with van der Waals surface area (Å²) >= 11 is 0. The van der Waals surface area contributed by atoms with Crippen molar-refractivity contribution in [3.63, 3.8) is 0 Å². The maximum Gasteiger partial charge on any atom is 0.423 e. The van der Waals surface area contributed by atoms with E-state index in [-0.39, 0.29) is 11.4 Å². The first kappa shape index (κ1) is 22.8. The van der Waals surface area contributed by atoms with Gasteiger partial charge in [-0.3, -0.25) is 4.79 Å². The Labute approximate surface area is 173 Å². The minimum atomic E-state index is -5.00. The summed E-state index contributed by atoms with van der Waals surface area (Å²) in [6.07, 6.45) is -4.77. The molecule has 1 aromatic rings. The SMILES string of the molecule is O=C(/C=C\n1cnc(C2=CC(C(F)(F)F)=C=C(C(F)(F)F)C2)n1)NCC1CCCNC1. The molecule has 1 saturated heterocycles. The summed E-state index contributed by atoms with van der Waals surface area (Å²) < 4.78 is 79.0. The average molecular weight is 447 g/mol. The van der Waals surface area contributed by atoms with Gasteiger partial charge in [-0.25, -0.2) is 9.67 Å². The number of carbonyl (C=O) groups excluding carboxylic acids is 1. The number of amides is 1. The number of allylic oxidation sites excluding steroid dienone is 3. The summed E-state index contributed by atoms with van der Waals surface area (Å²) in [6, 6.07) is 0. The third kappa shape index (κ3) is 6.31. The molecule has 2 aliphatic rings. The fraction of sp³-hybridized carbons (Fsp3) is 0.474. The van der Waals surface area contributed by atoms with E-state index in [1.54, 1.807) is 0 Å². The maximum atomic E-state index is 13.0. The van der Waals surface area contributed by atoms with Gasteiger partial charge in [-0.05, 0) is 37.9 Å². The summed E-state index contributed by atoms with van der Waals surface area (Å²) in [5.41, 5.74) is -1.96. The monoisotopic (exact) mass is 447 g/mol. The van der Waals surface area contributed by atoms with Crippen LogP contribution in [0.4, 0.5) is 26.3 Å². The van der Waals surface area contributed by atoms with E-state index in [1.807, 2.05) is 0 Å². The Morgan fingerprint density at radius 1 is 1.29 bits per heavy atom. The van der Waals surface area contributed by atoms with Crippen molar-refractivity contribution in [2.45, 2.75) is 31.6 Å². The maximum absolute atomic E-state index is 13.0. The first-order chi connectivity index (χ1) is 14.5. The van der Waals surface area contributed by atoms with Gasteiger partial charge in [0.25, 0.3) is 0 Å². The molecular weight excluding hydrogens is 428 g/mol. The number of hydrogen-bond donors (Lipinski definition) is 2. The number of rotatable bonds is 5. The number of nitrogens with one attached hydrogen (secondary N) is 2. The van der Waals surface area contributed by atoms with Crippen LogP contribution >= 0.6 is 0 Å². The minimum absolute atomic E-state index is 0.302. The molecule has 31 heavy (non-hydrogen) atoms. The Hall–Kier alpha value is -2.85. The summed E-state index contributed by atoms with van der Waals surface area (Å²) in [5, 5.41) is 9.82. The van der Waals surface area contributed by atoms with Crippen molar-refractivity contribution >= 4 is 17.7 Å². The smallest absolute Gasteiger partial charge is 0.352 e. The van der Waals surface area contributed by atoms with Crippen molar-refractivity contribution in [1.29, 1.82) is 0 Å². The molecule has 1 aliphatic carbocycles. The fourth-order valence-electron chi connectivity index (χ4n) is 3.17. The van der Waals surface area contributed by atoms with Crippen LogP contribution in [0.15, 0.2) is 35.4 Å². The van der Waals surface area contributed by atoms with E-state index in [2.05, 4.69) is 20.7 Å². The molecule has 168 valence electrons. The second kappa shape index (κ2) is 9.11. The van der Waals surface area contributed by atoms with E-state index >= 15 is 0 Å². The van der Waals surface area contributed by atoms with Crippen LogP contribution in [0.5, 0.6) is 0 Å². The molecule has 12 heteroatoms. The number of piperidine rings is 1. The molecule has 1 aliphatic heterocycles. The van der Waals surface area contributed by atoms with Crippen molar-refractivity contribution in [3.8, 4) is 0 Å². The quantitative estimate of drug-likeness (QED) is 0.413. The molecule has 6 nitrogen and oxygen atoms in total. The van der Waals surface area contributed by atoms with E-state index < -0.39 is 35.8 Å². The van der Waals surface area contributed by atoms with Gasteiger partial charge in [0.15, 0.2) is 5.82 Å². The number of alkyl halides is 6. The van der Waals surface area contributed by atoms with Crippen LogP contribution < -0.4 is 10.6 Å². The van der Waals surface area contributed by atoms with Crippen molar-refractivity contribution < 1.29 is 31.1 Å². The van der Waals surface area contributed by atoms with Gasteiger partial charge in [-0.2, -0.15) is 26.3 Å². The summed E-state index contributed by atoms with van der Waals surface area (Å²) in [7, 11) is 0. The summed E-state index contributed by atoms with van der Waals surface area (Å²) in [4.78, 5) is 15.7. The fourth-order valence-corrected chi connectivity index (χ4v) is 3.17. The lowest BCUT2D eigenvalue weighted by Gasteiger charge is -2.22. The molecule has 2 N–H and O–H groups in total. The number of halogens is 6. The minimum Gasteiger partial charge on any atom is -0.352 e. The Morgan fingerprint density at radius 2 is 2.06 bits per heavy atom. The number of aromatic nitrogens is 3. The van der Waals surface area contributed by atoms with E-state index in [1.165, 1.54) is 11.9 Å². The van der Waals surface area contributed by atoms with E-state index in [0.29, 0.717) is 18.5 Å². The number of nitrogens with zero attached hydrogens (tertiary/aromatic N) is 3. The van der Waals surface area contributed by atoms with Crippen molar-refractivity contribution in [2.24, 2.45) is 5.92 Å². The molecule has 3 rings (SSSR count). The van der Waals surface area contributed by atoms with Gasteiger partial charge in [0.2, 0.25) is 5.91 Å². The highest BCUT2D eigenvalue weighted by molar-refractivity contribution is 5.90. The van der Waals surface area contributed by atoms with Gasteiger partial charge < -0.3 is 10.6 Å². The van der Waals surface area contributed by atoms with Gasteiger partial charge in [-0.15, -0.1) is 5.10 Å². The number of hydrogen-bond acceptors (Lipinski definition) is 4. The highest BCUT2D eigenvalue weighted by Crippen LogP contribution is 2.39. The Balaban J connectivity index is 1.67. The summed E-state index contributed by atoms with van der Waals surface area (Å²) in [5.74, 6) is -0.374. The molecule has 0 bridgehead atoms. The van der Waals surface area contributed by atoms with E-state index in [4.69, 9.17) is 0 Å². The lowest BCUT2D eigenvalue weighted by atomic mass is 9.97. The normalized spacial score (nSPS) is 20.3. The van der Waals surface area contributed by atoms with Crippen LogP contribution in [0.2, 0.25) is 0 Å². The third-order valence-corrected chi connectivity index (χ3v) is 4.76. The highest BCUT2D eigenvalue weighted by atomic mass is 19.4. The predicted molar refractivity (Wildman–Crippen MR) is 99.2 cm³/mol. The van der Waals surface area contributed by atoms with E-state index in [9.17, 15) is 31.1 Å². The second-order valence-electron chi connectivity index (χ2n) is 7.18. The van der Waals surface area contributed by atoms with Crippen LogP contribution in [-0.2, 0) is 4.79 Å². The molecule has 0 radical (unpaired) electrons. The zero-order valence-corrected chi connectivity index (χ0v) is 16.1. The van der Waals surface area contributed by atoms with Crippen LogP contribution in [0, 0.1) is 5.92 Å². The molecule has 1 unspecified atom stereocenters. The topological polar surface area (TPSA) is 71.8 Å². The summed E-state index contributed by atoms with van der Waals surface area (Å²) in [6.45, 7) is 2.26. The zero-order valence-electron chi connectivity index (χ0n) is 16.1. The van der Waals surface area contributed by atoms with Gasteiger partial charge in [-0.1, -0.05) is 5.73 Å². The Kier molecular flexibility index (Phi) is 6.71. The predicted octanol–water partition coefficient (Wildman–Crippen LogP) is 3.23. The molecule has 1 aromatic heterocycles. The molecular formula is C19H19F6N5O. The third-order valence-electron chi connectivity index (χ3n) is 4.76. The van der Waals surface area contributed by atoms with Crippen LogP contribution in [0.25, 0.3) is 11.8 Å². The molecule has 0 spiro atoms. The molecule has 0 aromatic carbocycles. The Morgan fingerprint density at radius 3 is 2.71 bits per heavy atom. The second-order valence-corrected chi connectivity index (χ2v) is 7.18. The molecule has 1 fully saturated rings. The molecule has 1 amide bonds. The largest absolute Gasteiger partial charge is 0.423 e. The number of carbonyl (C=O) groups is 1. The molecule has 2 heterocycles. The average Bonchev–Trinajstić information content (AvgIpc) is 3.19. The van der Waals surface area contributed by atoms with Crippen molar-refractivity contribution in [3.05, 3.63) is 41.2 Å². The highest BCUT2D eigenvalue weighted by Gasteiger charge is 2.40. The van der Waals surface area contributed by atoms with Crippen LogP contribution in [-0.4, -0.2) is 52.7 Å².